The van der Waals surface area contributed by atoms with E-state index in [1.54, 1.807) is 14.1 Å². The number of ketones is 1. The summed E-state index contributed by atoms with van der Waals surface area (Å²) in [5.41, 5.74) is 0.172. The number of hydrogen-bond acceptors (Lipinski definition) is 4. The van der Waals surface area contributed by atoms with E-state index in [1.165, 1.54) is 36.3 Å². The molecule has 10 heteroatoms. The molecule has 0 aliphatic rings. The molecule has 0 aliphatic carbocycles. The summed E-state index contributed by atoms with van der Waals surface area (Å²) in [4.78, 5) is 14.0. The van der Waals surface area contributed by atoms with Gasteiger partial charge in [0.05, 0.1) is 17.2 Å². The van der Waals surface area contributed by atoms with Crippen molar-refractivity contribution in [3.63, 3.8) is 0 Å². The lowest BCUT2D eigenvalue weighted by atomic mass is 10.0. The largest absolute Gasteiger partial charge is 0.495 e. The first-order valence-electron chi connectivity index (χ1n) is 7.41. The fraction of sp³-hybridized carbons (Fsp3) is 0.176. The van der Waals surface area contributed by atoms with Crippen LogP contribution in [0.5, 0.6) is 5.75 Å². The van der Waals surface area contributed by atoms with Gasteiger partial charge in [-0.25, -0.2) is 0 Å². The molecule has 0 spiro atoms. The van der Waals surface area contributed by atoms with Crippen LogP contribution in [-0.2, 0) is 10.0 Å². The highest BCUT2D eigenvalue weighted by molar-refractivity contribution is 7.90. The molecule has 0 unspecified atom stereocenters. The summed E-state index contributed by atoms with van der Waals surface area (Å²) in [5, 5.41) is 0.0368. The minimum Gasteiger partial charge on any atom is -0.495 e. The van der Waals surface area contributed by atoms with E-state index in [0.29, 0.717) is 5.75 Å². The molecule has 0 aliphatic heterocycles. The number of hydrogen-bond donors (Lipinski definition) is 0. The fourth-order valence-electron chi connectivity index (χ4n) is 2.08. The van der Waals surface area contributed by atoms with Crippen LogP contribution in [0, 0.1) is 0 Å². The molecule has 0 heterocycles. The van der Waals surface area contributed by atoms with Crippen molar-refractivity contribution in [2.45, 2.75) is 4.90 Å². The lowest BCUT2D eigenvalue weighted by molar-refractivity contribution is 0.103. The minimum atomic E-state index is -4.09. The molecule has 2 aromatic rings. The highest BCUT2D eigenvalue weighted by Crippen LogP contribution is 2.36. The van der Waals surface area contributed by atoms with Gasteiger partial charge in [-0.15, -0.1) is 4.40 Å². The number of rotatable bonds is 6. The zero-order valence-corrected chi connectivity index (χ0v) is 17.6. The quantitative estimate of drug-likeness (QED) is 0.376. The highest BCUT2D eigenvalue weighted by Gasteiger charge is 2.22. The zero-order chi connectivity index (χ0) is 20.4. The second-order valence-electron chi connectivity index (χ2n) is 5.58. The minimum absolute atomic E-state index is 0.00556. The number of halogens is 3. The Kier molecular flexibility index (Phi) is 6.75. The first-order valence-corrected chi connectivity index (χ1v) is 9.99. The fourth-order valence-corrected chi connectivity index (χ4v) is 3.99. The van der Waals surface area contributed by atoms with Gasteiger partial charge >= 0.3 is 0 Å². The third-order valence-corrected chi connectivity index (χ3v) is 5.97. The molecule has 0 N–H and O–H groups in total. The number of sulfonamides is 1. The van der Waals surface area contributed by atoms with E-state index in [0.717, 1.165) is 12.4 Å². The lowest BCUT2D eigenvalue weighted by Crippen LogP contribution is -2.11. The van der Waals surface area contributed by atoms with E-state index in [2.05, 4.69) is 4.40 Å². The van der Waals surface area contributed by atoms with Crippen LogP contribution in [0.1, 0.15) is 15.9 Å². The maximum Gasteiger partial charge on any atom is 0.285 e. The van der Waals surface area contributed by atoms with E-state index in [-0.39, 0.29) is 31.1 Å². The van der Waals surface area contributed by atoms with Crippen molar-refractivity contribution in [3.05, 3.63) is 56.5 Å². The zero-order valence-electron chi connectivity index (χ0n) is 14.5. The molecule has 0 atom stereocenters. The van der Waals surface area contributed by atoms with Crippen molar-refractivity contribution >= 4 is 56.9 Å². The molecular formula is C17H15Cl3N2O4S. The summed E-state index contributed by atoms with van der Waals surface area (Å²) in [6.07, 6.45) is 1.13. The van der Waals surface area contributed by atoms with Crippen molar-refractivity contribution < 1.29 is 17.9 Å². The van der Waals surface area contributed by atoms with Crippen LogP contribution < -0.4 is 4.74 Å². The molecule has 2 aromatic carbocycles. The molecule has 0 amide bonds. The van der Waals surface area contributed by atoms with Crippen LogP contribution in [0.15, 0.2) is 39.6 Å². The van der Waals surface area contributed by atoms with E-state index >= 15 is 0 Å². The Hall–Kier alpha value is -1.80. The molecule has 144 valence electrons. The van der Waals surface area contributed by atoms with Gasteiger partial charge < -0.3 is 9.64 Å². The second-order valence-corrected chi connectivity index (χ2v) is 8.34. The third kappa shape index (κ3) is 4.73. The number of benzene rings is 2. The predicted molar refractivity (Wildman–Crippen MR) is 107 cm³/mol. The molecule has 0 radical (unpaired) electrons. The van der Waals surface area contributed by atoms with Crippen LogP contribution in [0.3, 0.4) is 0 Å². The maximum absolute atomic E-state index is 12.8. The standard InChI is InChI=1S/C17H15Cl3N2O4S/c1-22(2)9-21-27(24,25)14-8-10(4-6-12(14)18)17(23)11-5-7-13(26-3)16(20)15(11)19/h4-9H,1-3H3. The van der Waals surface area contributed by atoms with Gasteiger partial charge in [0.1, 0.15) is 22.0 Å². The first-order chi connectivity index (χ1) is 12.6. The average molecular weight is 450 g/mol. The highest BCUT2D eigenvalue weighted by atomic mass is 35.5. The van der Waals surface area contributed by atoms with E-state index in [1.807, 2.05) is 0 Å². The molecule has 0 aromatic heterocycles. The first kappa shape index (κ1) is 21.5. The number of ether oxygens (including phenoxy) is 1. The molecule has 0 bridgehead atoms. The van der Waals surface area contributed by atoms with Gasteiger partial charge in [0, 0.05) is 25.2 Å². The molecule has 0 saturated heterocycles. The van der Waals surface area contributed by atoms with Crippen LogP contribution >= 0.6 is 34.8 Å². The van der Waals surface area contributed by atoms with E-state index < -0.39 is 15.8 Å². The van der Waals surface area contributed by atoms with Gasteiger partial charge in [0.2, 0.25) is 0 Å². The van der Waals surface area contributed by atoms with E-state index in [9.17, 15) is 13.2 Å². The number of carbonyl (C=O) groups excluding carboxylic acids is 1. The van der Waals surface area contributed by atoms with Crippen LogP contribution in [0.25, 0.3) is 0 Å². The van der Waals surface area contributed by atoms with E-state index in [4.69, 9.17) is 39.5 Å². The van der Waals surface area contributed by atoms with Crippen molar-refractivity contribution in [2.24, 2.45) is 4.40 Å². The van der Waals surface area contributed by atoms with Crippen LogP contribution in [-0.4, -0.2) is 46.6 Å². The Labute approximate surface area is 172 Å². The van der Waals surface area contributed by atoms with Gasteiger partial charge in [0.25, 0.3) is 10.0 Å². The van der Waals surface area contributed by atoms with Gasteiger partial charge in [-0.2, -0.15) is 8.42 Å². The van der Waals surface area contributed by atoms with Crippen LogP contribution in [0.4, 0.5) is 0 Å². The van der Waals surface area contributed by atoms with Gasteiger partial charge in [0.15, 0.2) is 5.78 Å². The normalized spacial score (nSPS) is 11.6. The third-order valence-electron chi connectivity index (χ3n) is 3.40. The topological polar surface area (TPSA) is 76.0 Å². The van der Waals surface area contributed by atoms with Crippen molar-refractivity contribution in [3.8, 4) is 5.75 Å². The van der Waals surface area contributed by atoms with Crippen molar-refractivity contribution in [2.75, 3.05) is 21.2 Å². The molecule has 2 rings (SSSR count). The van der Waals surface area contributed by atoms with Crippen molar-refractivity contribution in [1.29, 1.82) is 0 Å². The number of nitrogens with zero attached hydrogens (tertiary/aromatic N) is 2. The van der Waals surface area contributed by atoms with Crippen molar-refractivity contribution in [1.82, 2.24) is 4.90 Å². The molecule has 0 fully saturated rings. The summed E-state index contributed by atoms with van der Waals surface area (Å²) in [6, 6.07) is 6.81. The SMILES string of the molecule is COc1ccc(C(=O)c2ccc(Cl)c(S(=O)(=O)N=CN(C)C)c2)c(Cl)c1Cl. The number of methoxy groups -OCH3 is 1. The Morgan fingerprint density at radius 1 is 1.11 bits per heavy atom. The second kappa shape index (κ2) is 8.48. The molecule has 27 heavy (non-hydrogen) atoms. The van der Waals surface area contributed by atoms with Gasteiger partial charge in [-0.1, -0.05) is 34.8 Å². The summed E-state index contributed by atoms with van der Waals surface area (Å²) in [6.45, 7) is 0. The summed E-state index contributed by atoms with van der Waals surface area (Å²) < 4.78 is 33.4. The summed E-state index contributed by atoms with van der Waals surface area (Å²) in [7, 11) is 0.574. The predicted octanol–water partition coefficient (Wildman–Crippen LogP) is 4.17. The molecule has 6 nitrogen and oxygen atoms in total. The van der Waals surface area contributed by atoms with Crippen LogP contribution in [0.2, 0.25) is 15.1 Å². The Balaban J connectivity index is 2.53. The maximum atomic E-state index is 12.8. The summed E-state index contributed by atoms with van der Waals surface area (Å²) in [5.74, 6) is -0.204. The summed E-state index contributed by atoms with van der Waals surface area (Å²) >= 11 is 18.2. The lowest BCUT2D eigenvalue weighted by Gasteiger charge is -2.10. The smallest absolute Gasteiger partial charge is 0.285 e. The Morgan fingerprint density at radius 2 is 1.78 bits per heavy atom. The Bertz CT molecular complexity index is 1020. The van der Waals surface area contributed by atoms with Gasteiger partial charge in [-0.3, -0.25) is 4.79 Å². The molecular weight excluding hydrogens is 435 g/mol. The molecule has 0 saturated carbocycles. The monoisotopic (exact) mass is 448 g/mol. The van der Waals surface area contributed by atoms with Gasteiger partial charge in [-0.05, 0) is 30.3 Å². The number of carbonyl (C=O) groups is 1. The Morgan fingerprint density at radius 3 is 2.37 bits per heavy atom. The average Bonchev–Trinajstić information content (AvgIpc) is 2.62.